The van der Waals surface area contributed by atoms with Crippen molar-refractivity contribution in [1.29, 1.82) is 5.26 Å². The molecular formula is C28H27N7O. The van der Waals surface area contributed by atoms with Crippen LogP contribution in [0.2, 0.25) is 0 Å². The molecule has 8 nitrogen and oxygen atoms in total. The molecule has 0 spiro atoms. The molecule has 1 fully saturated rings. The van der Waals surface area contributed by atoms with Crippen molar-refractivity contribution in [2.45, 2.75) is 25.3 Å². The molecule has 2 aromatic heterocycles. The standard InChI is InChI=1S/C28H27N7O/c29-17-20-16-21-18-31-28(32-22-8-10-23(11-9-22)34-14-12-30-13-15-34)33-26(21)35(27(20)36)25-7-3-5-19-4-1-2-6-24(19)25/h1-2,4,6,8-11,16,18,25,30H,3,5,7,12-15H2,(H,31,32,33). The third-order valence-corrected chi connectivity index (χ3v) is 7.15. The maximum absolute atomic E-state index is 13.4. The Hall–Kier alpha value is -4.22. The number of anilines is 3. The number of nitrogens with zero attached hydrogens (tertiary/aromatic N) is 5. The lowest BCUT2D eigenvalue weighted by Gasteiger charge is -2.29. The first-order valence-corrected chi connectivity index (χ1v) is 12.4. The van der Waals surface area contributed by atoms with E-state index in [0.29, 0.717) is 17.0 Å². The van der Waals surface area contributed by atoms with Crippen LogP contribution in [0.15, 0.2) is 65.6 Å². The molecule has 6 rings (SSSR count). The highest BCUT2D eigenvalue weighted by Crippen LogP contribution is 2.33. The van der Waals surface area contributed by atoms with Crippen LogP contribution in [0.25, 0.3) is 11.0 Å². The molecule has 2 aliphatic rings. The van der Waals surface area contributed by atoms with E-state index in [1.165, 1.54) is 11.3 Å². The first-order valence-electron chi connectivity index (χ1n) is 12.4. The van der Waals surface area contributed by atoms with Crippen molar-refractivity contribution >= 4 is 28.4 Å². The van der Waals surface area contributed by atoms with Crippen LogP contribution in [-0.4, -0.2) is 40.7 Å². The summed E-state index contributed by atoms with van der Waals surface area (Å²) < 4.78 is 1.70. The Kier molecular flexibility index (Phi) is 5.84. The van der Waals surface area contributed by atoms with E-state index in [1.54, 1.807) is 16.8 Å². The number of piperazine rings is 1. The van der Waals surface area contributed by atoms with E-state index < -0.39 is 0 Å². The van der Waals surface area contributed by atoms with Crippen molar-refractivity contribution in [2.75, 3.05) is 36.4 Å². The number of fused-ring (bicyclic) bond motifs is 2. The van der Waals surface area contributed by atoms with Gasteiger partial charge in [-0.3, -0.25) is 9.36 Å². The van der Waals surface area contributed by atoms with Gasteiger partial charge in [-0.25, -0.2) is 4.98 Å². The number of benzene rings is 2. The van der Waals surface area contributed by atoms with Crippen LogP contribution in [0.4, 0.5) is 17.3 Å². The van der Waals surface area contributed by atoms with Crippen LogP contribution in [0.1, 0.15) is 35.6 Å². The Morgan fingerprint density at radius 3 is 2.69 bits per heavy atom. The molecule has 0 saturated carbocycles. The summed E-state index contributed by atoms with van der Waals surface area (Å²) in [7, 11) is 0. The van der Waals surface area contributed by atoms with Crippen LogP contribution in [-0.2, 0) is 6.42 Å². The van der Waals surface area contributed by atoms with E-state index in [2.05, 4.69) is 50.9 Å². The van der Waals surface area contributed by atoms with Crippen LogP contribution >= 0.6 is 0 Å². The van der Waals surface area contributed by atoms with Crippen LogP contribution in [0, 0.1) is 11.3 Å². The topological polar surface area (TPSA) is 98.9 Å². The van der Waals surface area contributed by atoms with Gasteiger partial charge in [-0.2, -0.15) is 10.2 Å². The maximum Gasteiger partial charge on any atom is 0.270 e. The molecule has 8 heteroatoms. The number of nitrogens with one attached hydrogen (secondary N) is 2. The third-order valence-electron chi connectivity index (χ3n) is 7.15. The van der Waals surface area contributed by atoms with E-state index in [-0.39, 0.29) is 17.2 Å². The van der Waals surface area contributed by atoms with Crippen molar-refractivity contribution in [2.24, 2.45) is 0 Å². The highest BCUT2D eigenvalue weighted by Gasteiger charge is 2.25. The molecule has 1 aliphatic carbocycles. The maximum atomic E-state index is 13.4. The summed E-state index contributed by atoms with van der Waals surface area (Å²) in [4.78, 5) is 25.1. The van der Waals surface area contributed by atoms with Crippen molar-refractivity contribution in [3.63, 3.8) is 0 Å². The second-order valence-electron chi connectivity index (χ2n) is 9.33. The van der Waals surface area contributed by atoms with Crippen molar-refractivity contribution < 1.29 is 0 Å². The van der Waals surface area contributed by atoms with Crippen LogP contribution in [0.3, 0.4) is 0 Å². The van der Waals surface area contributed by atoms with E-state index in [9.17, 15) is 10.1 Å². The zero-order valence-electron chi connectivity index (χ0n) is 19.9. The van der Waals surface area contributed by atoms with Gasteiger partial charge >= 0.3 is 0 Å². The number of aryl methyl sites for hydroxylation is 1. The van der Waals surface area contributed by atoms with Gasteiger partial charge < -0.3 is 15.5 Å². The SMILES string of the molecule is N#Cc1cc2cnc(Nc3ccc(N4CCNCC4)cc3)nc2n(C2CCCc3ccccc32)c1=O. The third kappa shape index (κ3) is 4.08. The van der Waals surface area contributed by atoms with Crippen molar-refractivity contribution in [1.82, 2.24) is 19.9 Å². The summed E-state index contributed by atoms with van der Waals surface area (Å²) in [6.07, 6.45) is 4.47. The molecule has 1 unspecified atom stereocenters. The minimum atomic E-state index is -0.309. The summed E-state index contributed by atoms with van der Waals surface area (Å²) in [5, 5.41) is 17.0. The van der Waals surface area contributed by atoms with E-state index in [1.807, 2.05) is 24.3 Å². The average molecular weight is 478 g/mol. The van der Waals surface area contributed by atoms with E-state index in [0.717, 1.165) is 56.7 Å². The van der Waals surface area contributed by atoms with E-state index in [4.69, 9.17) is 4.98 Å². The second-order valence-corrected chi connectivity index (χ2v) is 9.33. The lowest BCUT2D eigenvalue weighted by Crippen LogP contribution is -2.43. The normalized spacial score (nSPS) is 17.4. The first-order chi connectivity index (χ1) is 17.7. The molecule has 1 aliphatic heterocycles. The number of hydrogen-bond acceptors (Lipinski definition) is 7. The van der Waals surface area contributed by atoms with Gasteiger partial charge in [0.2, 0.25) is 5.95 Å². The Morgan fingerprint density at radius 2 is 1.89 bits per heavy atom. The highest BCUT2D eigenvalue weighted by atomic mass is 16.1. The van der Waals surface area contributed by atoms with Crippen LogP contribution < -0.4 is 21.1 Å². The predicted octanol–water partition coefficient (Wildman–Crippen LogP) is 3.74. The minimum absolute atomic E-state index is 0.110. The fourth-order valence-electron chi connectivity index (χ4n) is 5.35. The molecule has 2 N–H and O–H groups in total. The molecule has 4 aromatic rings. The molecule has 0 radical (unpaired) electrons. The highest BCUT2D eigenvalue weighted by molar-refractivity contribution is 5.78. The molecule has 180 valence electrons. The fraction of sp³-hybridized carbons (Fsp3) is 0.286. The van der Waals surface area contributed by atoms with E-state index >= 15 is 0 Å². The molecule has 1 saturated heterocycles. The number of hydrogen-bond donors (Lipinski definition) is 2. The van der Waals surface area contributed by atoms with Gasteiger partial charge in [0.1, 0.15) is 17.3 Å². The zero-order valence-corrected chi connectivity index (χ0v) is 19.9. The molecular weight excluding hydrogens is 450 g/mol. The predicted molar refractivity (Wildman–Crippen MR) is 141 cm³/mol. The Labute approximate surface area is 209 Å². The Morgan fingerprint density at radius 1 is 1.08 bits per heavy atom. The molecule has 0 bridgehead atoms. The molecule has 1 atom stereocenters. The van der Waals surface area contributed by atoms with Gasteiger partial charge in [0.05, 0.1) is 6.04 Å². The van der Waals surface area contributed by atoms with Crippen LogP contribution in [0.5, 0.6) is 0 Å². The largest absolute Gasteiger partial charge is 0.369 e. The lowest BCUT2D eigenvalue weighted by molar-refractivity contribution is 0.487. The molecule has 2 aromatic carbocycles. The summed E-state index contributed by atoms with van der Waals surface area (Å²) in [5.74, 6) is 0.416. The minimum Gasteiger partial charge on any atom is -0.369 e. The molecule has 0 amide bonds. The lowest BCUT2D eigenvalue weighted by atomic mass is 9.87. The number of rotatable bonds is 4. The summed E-state index contributed by atoms with van der Waals surface area (Å²) >= 11 is 0. The van der Waals surface area contributed by atoms with Gasteiger partial charge in [0, 0.05) is 49.1 Å². The Bertz CT molecular complexity index is 1510. The second kappa shape index (κ2) is 9.44. The van der Waals surface area contributed by atoms with Gasteiger partial charge in [-0.15, -0.1) is 0 Å². The quantitative estimate of drug-likeness (QED) is 0.462. The monoisotopic (exact) mass is 477 g/mol. The van der Waals surface area contributed by atoms with Gasteiger partial charge in [0.25, 0.3) is 5.56 Å². The number of pyridine rings is 1. The molecule has 36 heavy (non-hydrogen) atoms. The Balaban J connectivity index is 1.38. The fourth-order valence-corrected chi connectivity index (χ4v) is 5.35. The zero-order chi connectivity index (χ0) is 24.5. The van der Waals surface area contributed by atoms with Gasteiger partial charge in [0.15, 0.2) is 0 Å². The van der Waals surface area contributed by atoms with Crippen molar-refractivity contribution in [3.05, 3.63) is 87.8 Å². The number of aromatic nitrogens is 3. The van der Waals surface area contributed by atoms with Crippen molar-refractivity contribution in [3.8, 4) is 6.07 Å². The average Bonchev–Trinajstić information content (AvgIpc) is 2.93. The summed E-state index contributed by atoms with van der Waals surface area (Å²) in [6.45, 7) is 3.97. The number of nitriles is 1. The summed E-state index contributed by atoms with van der Waals surface area (Å²) in [6, 6.07) is 20.0. The first kappa shape index (κ1) is 22.3. The summed E-state index contributed by atoms with van der Waals surface area (Å²) in [5.41, 5.74) is 4.77. The molecule has 3 heterocycles. The van der Waals surface area contributed by atoms with Gasteiger partial charge in [-0.05, 0) is 60.7 Å². The van der Waals surface area contributed by atoms with Gasteiger partial charge in [-0.1, -0.05) is 24.3 Å². The smallest absolute Gasteiger partial charge is 0.270 e.